The predicted octanol–water partition coefficient (Wildman–Crippen LogP) is 2.66. The van der Waals surface area contributed by atoms with Gasteiger partial charge in [-0.15, -0.1) is 0 Å². The molecule has 1 aromatic rings. The molecule has 4 heteroatoms. The van der Waals surface area contributed by atoms with E-state index in [9.17, 15) is 0 Å². The average Bonchev–Trinajstić information content (AvgIpc) is 2.36. The summed E-state index contributed by atoms with van der Waals surface area (Å²) in [6.07, 6.45) is 2.07. The van der Waals surface area contributed by atoms with Crippen molar-refractivity contribution in [3.05, 3.63) is 18.2 Å². The number of nitrogens with two attached hydrogens (primary N) is 1. The molecule has 0 bridgehead atoms. The Kier molecular flexibility index (Phi) is 5.48. The molecule has 0 unspecified atom stereocenters. The summed E-state index contributed by atoms with van der Waals surface area (Å²) in [7, 11) is 5.37. The fourth-order valence-corrected chi connectivity index (χ4v) is 1.96. The van der Waals surface area contributed by atoms with Crippen molar-refractivity contribution in [2.24, 2.45) is 5.73 Å². The summed E-state index contributed by atoms with van der Waals surface area (Å²) in [6, 6.07) is 5.96. The van der Waals surface area contributed by atoms with Crippen molar-refractivity contribution >= 4 is 5.69 Å². The first-order valence-electron chi connectivity index (χ1n) is 6.59. The van der Waals surface area contributed by atoms with Crippen LogP contribution in [0.4, 0.5) is 5.69 Å². The van der Waals surface area contributed by atoms with Crippen LogP contribution in [0.2, 0.25) is 0 Å². The Balaban J connectivity index is 2.64. The molecule has 0 aliphatic heterocycles. The molecule has 108 valence electrons. The second-order valence-electron chi connectivity index (χ2n) is 5.55. The number of benzene rings is 1. The first kappa shape index (κ1) is 15.6. The summed E-state index contributed by atoms with van der Waals surface area (Å²) in [5.41, 5.74) is 7.01. The normalized spacial score (nSPS) is 11.3. The maximum atomic E-state index is 5.99. The van der Waals surface area contributed by atoms with E-state index in [4.69, 9.17) is 15.2 Å². The highest BCUT2D eigenvalue weighted by atomic mass is 16.5. The molecule has 0 saturated carbocycles. The van der Waals surface area contributed by atoms with Crippen molar-refractivity contribution in [1.29, 1.82) is 0 Å². The number of hydrogen-bond acceptors (Lipinski definition) is 4. The minimum absolute atomic E-state index is 0.0988. The van der Waals surface area contributed by atoms with E-state index in [-0.39, 0.29) is 5.54 Å². The molecule has 0 aliphatic rings. The van der Waals surface area contributed by atoms with Crippen molar-refractivity contribution in [3.63, 3.8) is 0 Å². The molecule has 1 rings (SSSR count). The van der Waals surface area contributed by atoms with Crippen LogP contribution in [-0.2, 0) is 0 Å². The lowest BCUT2D eigenvalue weighted by molar-refractivity contribution is 0.355. The third kappa shape index (κ3) is 4.99. The molecule has 4 nitrogen and oxygen atoms in total. The highest BCUT2D eigenvalue weighted by molar-refractivity contribution is 5.55. The molecular formula is C15H26N2O2. The monoisotopic (exact) mass is 266 g/mol. The highest BCUT2D eigenvalue weighted by Gasteiger charge is 2.11. The topological polar surface area (TPSA) is 47.7 Å². The third-order valence-electron chi connectivity index (χ3n) is 3.12. The van der Waals surface area contributed by atoms with Crippen LogP contribution in [0.5, 0.6) is 11.5 Å². The summed E-state index contributed by atoms with van der Waals surface area (Å²) in [4.78, 5) is 2.20. The number of nitrogens with zero attached hydrogens (tertiary/aromatic N) is 1. The SMILES string of the molecule is COc1ccc(N(C)CCCC(C)(C)N)cc1OC. The van der Waals surface area contributed by atoms with E-state index < -0.39 is 0 Å². The molecule has 0 atom stereocenters. The zero-order valence-electron chi connectivity index (χ0n) is 12.7. The van der Waals surface area contributed by atoms with Gasteiger partial charge in [-0.3, -0.25) is 0 Å². The average molecular weight is 266 g/mol. The summed E-state index contributed by atoms with van der Waals surface area (Å²) < 4.78 is 10.6. The molecule has 19 heavy (non-hydrogen) atoms. The fourth-order valence-electron chi connectivity index (χ4n) is 1.96. The Bertz CT molecular complexity index is 400. The van der Waals surface area contributed by atoms with Gasteiger partial charge in [0.1, 0.15) is 0 Å². The molecule has 0 aliphatic carbocycles. The summed E-state index contributed by atoms with van der Waals surface area (Å²) >= 11 is 0. The third-order valence-corrected chi connectivity index (χ3v) is 3.12. The minimum Gasteiger partial charge on any atom is -0.493 e. The van der Waals surface area contributed by atoms with Crippen LogP contribution >= 0.6 is 0 Å². The number of methoxy groups -OCH3 is 2. The number of anilines is 1. The molecule has 2 N–H and O–H groups in total. The van der Waals surface area contributed by atoms with Gasteiger partial charge in [-0.25, -0.2) is 0 Å². The van der Waals surface area contributed by atoms with E-state index >= 15 is 0 Å². The smallest absolute Gasteiger partial charge is 0.162 e. The maximum Gasteiger partial charge on any atom is 0.162 e. The summed E-state index contributed by atoms with van der Waals surface area (Å²) in [5.74, 6) is 1.51. The van der Waals surface area contributed by atoms with Crippen molar-refractivity contribution in [3.8, 4) is 11.5 Å². The van der Waals surface area contributed by atoms with Crippen LogP contribution in [0.15, 0.2) is 18.2 Å². The lowest BCUT2D eigenvalue weighted by atomic mass is 10.00. The minimum atomic E-state index is -0.0988. The van der Waals surface area contributed by atoms with Gasteiger partial charge in [0.25, 0.3) is 0 Å². The number of rotatable bonds is 7. The summed E-state index contributed by atoms with van der Waals surface area (Å²) in [5, 5.41) is 0. The Labute approximate surface area is 116 Å². The van der Waals surface area contributed by atoms with Gasteiger partial charge in [-0.05, 0) is 38.8 Å². The number of ether oxygens (including phenoxy) is 2. The van der Waals surface area contributed by atoms with Gasteiger partial charge in [0.15, 0.2) is 11.5 Å². The Morgan fingerprint density at radius 1 is 1.16 bits per heavy atom. The second-order valence-corrected chi connectivity index (χ2v) is 5.55. The van der Waals surface area contributed by atoms with Crippen molar-refractivity contribution in [2.45, 2.75) is 32.2 Å². The van der Waals surface area contributed by atoms with Gasteiger partial charge in [0.05, 0.1) is 14.2 Å². The molecular weight excluding hydrogens is 240 g/mol. The first-order valence-corrected chi connectivity index (χ1v) is 6.59. The van der Waals surface area contributed by atoms with E-state index in [0.717, 1.165) is 36.6 Å². The molecule has 0 spiro atoms. The zero-order chi connectivity index (χ0) is 14.5. The quantitative estimate of drug-likeness (QED) is 0.824. The van der Waals surface area contributed by atoms with E-state index in [1.54, 1.807) is 14.2 Å². The van der Waals surface area contributed by atoms with Crippen molar-refractivity contribution in [2.75, 3.05) is 32.7 Å². The van der Waals surface area contributed by atoms with E-state index in [1.165, 1.54) is 0 Å². The van der Waals surface area contributed by atoms with Gasteiger partial charge in [-0.1, -0.05) is 0 Å². The predicted molar refractivity (Wildman–Crippen MR) is 80.3 cm³/mol. The van der Waals surface area contributed by atoms with E-state index in [0.29, 0.717) is 0 Å². The van der Waals surface area contributed by atoms with Gasteiger partial charge in [-0.2, -0.15) is 0 Å². The largest absolute Gasteiger partial charge is 0.493 e. The highest BCUT2D eigenvalue weighted by Crippen LogP contribution is 2.31. The van der Waals surface area contributed by atoms with E-state index in [2.05, 4.69) is 25.8 Å². The van der Waals surface area contributed by atoms with Crippen molar-refractivity contribution < 1.29 is 9.47 Å². The lowest BCUT2D eigenvalue weighted by Crippen LogP contribution is -2.33. The molecule has 0 saturated heterocycles. The standard InChI is InChI=1S/C15H26N2O2/c1-15(2,16)9-6-10-17(3)12-7-8-13(18-4)14(11-12)19-5/h7-8,11H,6,9-10,16H2,1-5H3. The maximum absolute atomic E-state index is 5.99. The molecule has 1 aromatic carbocycles. The molecule has 0 amide bonds. The van der Waals surface area contributed by atoms with Crippen molar-refractivity contribution in [1.82, 2.24) is 0 Å². The number of hydrogen-bond donors (Lipinski definition) is 1. The van der Waals surface area contributed by atoms with Gasteiger partial charge in [0.2, 0.25) is 0 Å². The zero-order valence-corrected chi connectivity index (χ0v) is 12.7. The van der Waals surface area contributed by atoms with Crippen LogP contribution in [0.3, 0.4) is 0 Å². The Morgan fingerprint density at radius 2 is 1.79 bits per heavy atom. The Hall–Kier alpha value is -1.42. The van der Waals surface area contributed by atoms with Gasteiger partial charge < -0.3 is 20.1 Å². The van der Waals surface area contributed by atoms with Crippen LogP contribution in [0, 0.1) is 0 Å². The molecule has 0 radical (unpaired) electrons. The molecule has 0 fully saturated rings. The van der Waals surface area contributed by atoms with Crippen LogP contribution in [-0.4, -0.2) is 33.4 Å². The summed E-state index contributed by atoms with van der Waals surface area (Å²) in [6.45, 7) is 5.09. The Morgan fingerprint density at radius 3 is 2.32 bits per heavy atom. The fraction of sp³-hybridized carbons (Fsp3) is 0.600. The lowest BCUT2D eigenvalue weighted by Gasteiger charge is -2.23. The van der Waals surface area contributed by atoms with Gasteiger partial charge >= 0.3 is 0 Å². The second kappa shape index (κ2) is 6.66. The molecule has 0 heterocycles. The van der Waals surface area contributed by atoms with E-state index in [1.807, 2.05) is 18.2 Å². The van der Waals surface area contributed by atoms with Crippen LogP contribution in [0.1, 0.15) is 26.7 Å². The van der Waals surface area contributed by atoms with Crippen LogP contribution < -0.4 is 20.1 Å². The molecule has 0 aromatic heterocycles. The van der Waals surface area contributed by atoms with Gasteiger partial charge in [0, 0.05) is 30.9 Å². The van der Waals surface area contributed by atoms with Crippen LogP contribution in [0.25, 0.3) is 0 Å². The first-order chi connectivity index (χ1) is 8.87.